The first-order valence-corrected chi connectivity index (χ1v) is 7.58. The molecule has 3 unspecified atom stereocenters. The van der Waals surface area contributed by atoms with Crippen molar-refractivity contribution in [3.05, 3.63) is 29.8 Å². The van der Waals surface area contributed by atoms with E-state index in [4.69, 9.17) is 4.74 Å². The summed E-state index contributed by atoms with van der Waals surface area (Å²) >= 11 is 0. The normalized spacial score (nSPS) is 27.5. The summed E-state index contributed by atoms with van der Waals surface area (Å²) in [5, 5.41) is 13.3. The Bertz CT molecular complexity index is 435. The number of rotatable bonds is 6. The summed E-state index contributed by atoms with van der Waals surface area (Å²) in [4.78, 5) is 0. The van der Waals surface area contributed by atoms with Gasteiger partial charge in [0, 0.05) is 24.1 Å². The van der Waals surface area contributed by atoms with Gasteiger partial charge < -0.3 is 15.2 Å². The Balaban J connectivity index is 1.97. The van der Waals surface area contributed by atoms with Gasteiger partial charge in [0.15, 0.2) is 0 Å². The average molecular weight is 277 g/mol. The number of aliphatic hydroxyl groups is 1. The molecule has 0 bridgehead atoms. The summed E-state index contributed by atoms with van der Waals surface area (Å²) in [6, 6.07) is 8.97. The summed E-state index contributed by atoms with van der Waals surface area (Å²) in [6.45, 7) is 4.67. The van der Waals surface area contributed by atoms with Gasteiger partial charge >= 0.3 is 0 Å². The molecule has 1 aliphatic carbocycles. The molecule has 112 valence electrons. The van der Waals surface area contributed by atoms with Crippen LogP contribution < -0.4 is 10.1 Å². The van der Waals surface area contributed by atoms with Crippen LogP contribution in [0.4, 0.5) is 0 Å². The minimum absolute atomic E-state index is 0.0367. The van der Waals surface area contributed by atoms with E-state index in [1.165, 1.54) is 12.0 Å². The van der Waals surface area contributed by atoms with E-state index in [0.29, 0.717) is 12.1 Å². The van der Waals surface area contributed by atoms with Crippen LogP contribution in [-0.4, -0.2) is 30.9 Å². The van der Waals surface area contributed by atoms with Crippen LogP contribution in [0.25, 0.3) is 0 Å². The van der Waals surface area contributed by atoms with Crippen LogP contribution in [0.5, 0.6) is 5.75 Å². The van der Waals surface area contributed by atoms with Crippen molar-refractivity contribution in [1.29, 1.82) is 0 Å². The molecule has 2 N–H and O–H groups in total. The Kier molecular flexibility index (Phi) is 5.06. The summed E-state index contributed by atoms with van der Waals surface area (Å²) in [6.07, 6.45) is 4.42. The van der Waals surface area contributed by atoms with E-state index in [0.717, 1.165) is 25.0 Å². The maximum atomic E-state index is 9.62. The fourth-order valence-corrected chi connectivity index (χ4v) is 3.31. The molecule has 3 heteroatoms. The zero-order valence-electron chi connectivity index (χ0n) is 12.9. The molecule has 1 aromatic rings. The number of ether oxygens (including phenoxy) is 1. The molecule has 0 spiro atoms. The molecule has 0 saturated heterocycles. The molecule has 3 nitrogen and oxygen atoms in total. The van der Waals surface area contributed by atoms with Gasteiger partial charge in [0.2, 0.25) is 0 Å². The van der Waals surface area contributed by atoms with E-state index in [2.05, 4.69) is 31.3 Å². The van der Waals surface area contributed by atoms with E-state index in [1.54, 1.807) is 7.11 Å². The Morgan fingerprint density at radius 3 is 2.90 bits per heavy atom. The molecule has 1 saturated carbocycles. The summed E-state index contributed by atoms with van der Waals surface area (Å²) in [7, 11) is 1.72. The number of benzene rings is 1. The maximum absolute atomic E-state index is 9.62. The lowest BCUT2D eigenvalue weighted by atomic mass is 9.85. The molecule has 0 radical (unpaired) electrons. The fourth-order valence-electron chi connectivity index (χ4n) is 3.31. The third-order valence-corrected chi connectivity index (χ3v) is 4.65. The quantitative estimate of drug-likeness (QED) is 0.840. The average Bonchev–Trinajstić information content (AvgIpc) is 2.81. The molecule has 0 amide bonds. The third kappa shape index (κ3) is 3.33. The van der Waals surface area contributed by atoms with E-state index in [-0.39, 0.29) is 12.0 Å². The standard InChI is InChI=1S/C17H27NO2/c1-13(11-14-7-4-5-8-15(14)20-3)18-16-9-6-10-17(16,2)12-19/h4-5,7-8,13,16,18-19H,6,9-12H2,1-3H3. The highest BCUT2D eigenvalue weighted by molar-refractivity contribution is 5.33. The number of aliphatic hydroxyl groups excluding tert-OH is 1. The van der Waals surface area contributed by atoms with Crippen molar-refractivity contribution >= 4 is 0 Å². The van der Waals surface area contributed by atoms with Crippen molar-refractivity contribution < 1.29 is 9.84 Å². The number of hydrogen-bond acceptors (Lipinski definition) is 3. The topological polar surface area (TPSA) is 41.5 Å². The first kappa shape index (κ1) is 15.3. The van der Waals surface area contributed by atoms with Crippen molar-refractivity contribution in [3.63, 3.8) is 0 Å². The van der Waals surface area contributed by atoms with Gasteiger partial charge in [0.25, 0.3) is 0 Å². The predicted octanol–water partition coefficient (Wildman–Crippen LogP) is 2.77. The molecule has 20 heavy (non-hydrogen) atoms. The van der Waals surface area contributed by atoms with Crippen LogP contribution in [-0.2, 0) is 6.42 Å². The number of nitrogens with one attached hydrogen (secondary N) is 1. The van der Waals surface area contributed by atoms with Crippen LogP contribution in [0.1, 0.15) is 38.7 Å². The van der Waals surface area contributed by atoms with Crippen LogP contribution >= 0.6 is 0 Å². The predicted molar refractivity (Wildman–Crippen MR) is 82.1 cm³/mol. The van der Waals surface area contributed by atoms with Crippen molar-refractivity contribution in [2.24, 2.45) is 5.41 Å². The maximum Gasteiger partial charge on any atom is 0.122 e. The second-order valence-corrected chi connectivity index (χ2v) is 6.34. The molecule has 1 fully saturated rings. The Hall–Kier alpha value is -1.06. The lowest BCUT2D eigenvalue weighted by Crippen LogP contribution is -2.46. The monoisotopic (exact) mass is 277 g/mol. The van der Waals surface area contributed by atoms with Gasteiger partial charge in [-0.1, -0.05) is 31.5 Å². The lowest BCUT2D eigenvalue weighted by molar-refractivity contribution is 0.114. The minimum Gasteiger partial charge on any atom is -0.496 e. The zero-order chi connectivity index (χ0) is 14.6. The number of para-hydroxylation sites is 1. The van der Waals surface area contributed by atoms with Gasteiger partial charge in [0.05, 0.1) is 7.11 Å². The number of methoxy groups -OCH3 is 1. The molecule has 1 aliphatic rings. The van der Waals surface area contributed by atoms with Crippen LogP contribution in [0.15, 0.2) is 24.3 Å². The highest BCUT2D eigenvalue weighted by Gasteiger charge is 2.38. The first-order valence-electron chi connectivity index (χ1n) is 7.58. The molecule has 2 rings (SSSR count). The van der Waals surface area contributed by atoms with Crippen LogP contribution in [0.2, 0.25) is 0 Å². The molecule has 1 aromatic carbocycles. The SMILES string of the molecule is COc1ccccc1CC(C)NC1CCCC1(C)CO. The lowest BCUT2D eigenvalue weighted by Gasteiger charge is -2.32. The Morgan fingerprint density at radius 1 is 1.45 bits per heavy atom. The summed E-state index contributed by atoms with van der Waals surface area (Å²) in [5.74, 6) is 0.956. The molecular formula is C17H27NO2. The smallest absolute Gasteiger partial charge is 0.122 e. The molecular weight excluding hydrogens is 250 g/mol. The largest absolute Gasteiger partial charge is 0.496 e. The second kappa shape index (κ2) is 6.59. The van der Waals surface area contributed by atoms with E-state index in [9.17, 15) is 5.11 Å². The second-order valence-electron chi connectivity index (χ2n) is 6.34. The van der Waals surface area contributed by atoms with Gasteiger partial charge in [0.1, 0.15) is 5.75 Å². The van der Waals surface area contributed by atoms with Crippen molar-refractivity contribution in [1.82, 2.24) is 5.32 Å². The van der Waals surface area contributed by atoms with Gasteiger partial charge in [-0.05, 0) is 37.8 Å². The van der Waals surface area contributed by atoms with Crippen LogP contribution in [0, 0.1) is 5.41 Å². The van der Waals surface area contributed by atoms with E-state index < -0.39 is 0 Å². The summed E-state index contributed by atoms with van der Waals surface area (Å²) in [5.41, 5.74) is 1.27. The summed E-state index contributed by atoms with van der Waals surface area (Å²) < 4.78 is 5.41. The van der Waals surface area contributed by atoms with E-state index in [1.807, 2.05) is 12.1 Å². The van der Waals surface area contributed by atoms with Gasteiger partial charge in [-0.15, -0.1) is 0 Å². The highest BCUT2D eigenvalue weighted by atomic mass is 16.5. The third-order valence-electron chi connectivity index (χ3n) is 4.65. The fraction of sp³-hybridized carbons (Fsp3) is 0.647. The van der Waals surface area contributed by atoms with Crippen LogP contribution in [0.3, 0.4) is 0 Å². The van der Waals surface area contributed by atoms with Gasteiger partial charge in [-0.3, -0.25) is 0 Å². The van der Waals surface area contributed by atoms with Crippen molar-refractivity contribution in [2.45, 2.75) is 51.6 Å². The number of hydrogen-bond donors (Lipinski definition) is 2. The molecule has 0 heterocycles. The van der Waals surface area contributed by atoms with Gasteiger partial charge in [-0.25, -0.2) is 0 Å². The minimum atomic E-state index is 0.0367. The Labute approximate surface area is 122 Å². The van der Waals surface area contributed by atoms with Crippen molar-refractivity contribution in [3.8, 4) is 5.75 Å². The van der Waals surface area contributed by atoms with Crippen molar-refractivity contribution in [2.75, 3.05) is 13.7 Å². The van der Waals surface area contributed by atoms with Gasteiger partial charge in [-0.2, -0.15) is 0 Å². The molecule has 3 atom stereocenters. The Morgan fingerprint density at radius 2 is 2.20 bits per heavy atom. The zero-order valence-corrected chi connectivity index (χ0v) is 12.9. The molecule has 0 aliphatic heterocycles. The molecule has 0 aromatic heterocycles. The first-order chi connectivity index (χ1) is 9.59. The van der Waals surface area contributed by atoms with E-state index >= 15 is 0 Å². The highest BCUT2D eigenvalue weighted by Crippen LogP contribution is 2.37.